The van der Waals surface area contributed by atoms with Gasteiger partial charge in [0.25, 0.3) is 0 Å². The zero-order valence-corrected chi connectivity index (χ0v) is 13.8. The van der Waals surface area contributed by atoms with Crippen LogP contribution in [0.25, 0.3) is 0 Å². The molecule has 0 spiro atoms. The monoisotopic (exact) mass is 308 g/mol. The highest BCUT2D eigenvalue weighted by molar-refractivity contribution is 5.69. The van der Waals surface area contributed by atoms with E-state index in [2.05, 4.69) is 5.32 Å². The van der Waals surface area contributed by atoms with Crippen LogP contribution in [0.1, 0.15) is 31.9 Å². The van der Waals surface area contributed by atoms with Gasteiger partial charge in [0, 0.05) is 19.1 Å². The van der Waals surface area contributed by atoms with Crippen LogP contribution < -0.4 is 5.32 Å². The molecular formula is C17H25FN2O2. The molecule has 22 heavy (non-hydrogen) atoms. The second kappa shape index (κ2) is 6.65. The van der Waals surface area contributed by atoms with E-state index in [1.807, 2.05) is 33.8 Å². The van der Waals surface area contributed by atoms with Gasteiger partial charge in [-0.05, 0) is 63.9 Å². The molecule has 1 aliphatic rings. The van der Waals surface area contributed by atoms with Gasteiger partial charge in [-0.1, -0.05) is 6.07 Å². The number of nitrogens with zero attached hydrogens (tertiary/aromatic N) is 1. The highest BCUT2D eigenvalue weighted by Crippen LogP contribution is 2.15. The van der Waals surface area contributed by atoms with Gasteiger partial charge >= 0.3 is 6.09 Å². The van der Waals surface area contributed by atoms with Gasteiger partial charge in [-0.2, -0.15) is 0 Å². The summed E-state index contributed by atoms with van der Waals surface area (Å²) in [5, 5.41) is 3.41. The summed E-state index contributed by atoms with van der Waals surface area (Å²) in [4.78, 5) is 13.5. The highest BCUT2D eigenvalue weighted by Gasteiger charge is 2.33. The number of aryl methyl sites for hydroxylation is 1. The number of benzene rings is 1. The molecule has 0 radical (unpaired) electrons. The third kappa shape index (κ3) is 4.70. The summed E-state index contributed by atoms with van der Waals surface area (Å²) < 4.78 is 18.3. The molecule has 122 valence electrons. The number of hydrogen-bond donors (Lipinski definition) is 1. The minimum Gasteiger partial charge on any atom is -0.444 e. The highest BCUT2D eigenvalue weighted by atomic mass is 19.1. The number of nitrogens with one attached hydrogen (secondary N) is 1. The minimum atomic E-state index is -0.449. The Morgan fingerprint density at radius 2 is 2.09 bits per heavy atom. The topological polar surface area (TPSA) is 41.6 Å². The summed E-state index contributed by atoms with van der Waals surface area (Å²) in [7, 11) is 0. The first-order valence-corrected chi connectivity index (χ1v) is 7.71. The molecule has 0 unspecified atom stereocenters. The fraction of sp³-hybridized carbons (Fsp3) is 0.588. The first kappa shape index (κ1) is 16.7. The predicted octanol–water partition coefficient (Wildman–Crippen LogP) is 2.89. The normalized spacial score (nSPS) is 15.6. The van der Waals surface area contributed by atoms with Crippen molar-refractivity contribution in [1.29, 1.82) is 0 Å². The molecule has 5 heteroatoms. The molecule has 1 aliphatic heterocycles. The zero-order chi connectivity index (χ0) is 16.3. The van der Waals surface area contributed by atoms with Gasteiger partial charge in [-0.3, -0.25) is 0 Å². The Morgan fingerprint density at radius 1 is 1.41 bits per heavy atom. The van der Waals surface area contributed by atoms with Crippen LogP contribution in [0.5, 0.6) is 0 Å². The molecule has 1 amide bonds. The summed E-state index contributed by atoms with van der Waals surface area (Å²) in [6, 6.07) is 5.20. The first-order valence-electron chi connectivity index (χ1n) is 7.71. The summed E-state index contributed by atoms with van der Waals surface area (Å²) in [6.07, 6.45) is 0.606. The number of carbonyl (C=O) groups excluding carboxylic acids is 1. The maximum absolute atomic E-state index is 13.0. The standard InChI is InChI=1S/C17H25FN2O2/c1-12-9-14(18)6-5-13(12)7-8-19-15-10-20(11-15)16(21)22-17(2,3)4/h5-6,9,15,19H,7-8,10-11H2,1-4H3. The van der Waals surface area contributed by atoms with Crippen LogP contribution in [0.15, 0.2) is 18.2 Å². The van der Waals surface area contributed by atoms with E-state index in [4.69, 9.17) is 4.74 Å². The summed E-state index contributed by atoms with van der Waals surface area (Å²) >= 11 is 0. The molecular weight excluding hydrogens is 283 g/mol. The van der Waals surface area contributed by atoms with Crippen molar-refractivity contribution in [3.05, 3.63) is 35.1 Å². The average Bonchev–Trinajstić information content (AvgIpc) is 2.31. The molecule has 4 nitrogen and oxygen atoms in total. The number of halogens is 1. The predicted molar refractivity (Wildman–Crippen MR) is 84.4 cm³/mol. The van der Waals surface area contributed by atoms with Gasteiger partial charge in [0.05, 0.1) is 0 Å². The Balaban J connectivity index is 1.67. The summed E-state index contributed by atoms with van der Waals surface area (Å²) in [5.74, 6) is -0.193. The number of hydrogen-bond acceptors (Lipinski definition) is 3. The average molecular weight is 308 g/mol. The maximum Gasteiger partial charge on any atom is 0.410 e. The Bertz CT molecular complexity index is 534. The maximum atomic E-state index is 13.0. The Kier molecular flexibility index (Phi) is 5.06. The van der Waals surface area contributed by atoms with Crippen molar-refractivity contribution in [2.24, 2.45) is 0 Å². The van der Waals surface area contributed by atoms with Gasteiger partial charge in [0.15, 0.2) is 0 Å². The lowest BCUT2D eigenvalue weighted by atomic mass is 10.0. The first-order chi connectivity index (χ1) is 10.2. The van der Waals surface area contributed by atoms with Crippen LogP contribution in [0, 0.1) is 12.7 Å². The van der Waals surface area contributed by atoms with E-state index < -0.39 is 5.60 Å². The summed E-state index contributed by atoms with van der Waals surface area (Å²) in [6.45, 7) is 9.70. The van der Waals surface area contributed by atoms with Gasteiger partial charge in [0.2, 0.25) is 0 Å². The smallest absolute Gasteiger partial charge is 0.410 e. The van der Waals surface area contributed by atoms with Crippen LogP contribution in [-0.4, -0.2) is 42.3 Å². The van der Waals surface area contributed by atoms with Crippen molar-refractivity contribution in [1.82, 2.24) is 10.2 Å². The summed E-state index contributed by atoms with van der Waals surface area (Å²) in [5.41, 5.74) is 1.68. The lowest BCUT2D eigenvalue weighted by molar-refractivity contribution is 0.00542. The quantitative estimate of drug-likeness (QED) is 0.930. The van der Waals surface area contributed by atoms with E-state index in [0.717, 1.165) is 24.1 Å². The lowest BCUT2D eigenvalue weighted by Gasteiger charge is -2.40. The molecule has 1 heterocycles. The number of ether oxygens (including phenoxy) is 1. The van der Waals surface area contributed by atoms with Crippen molar-refractivity contribution >= 4 is 6.09 Å². The number of rotatable bonds is 4. The zero-order valence-electron chi connectivity index (χ0n) is 13.8. The van der Waals surface area contributed by atoms with Gasteiger partial charge in [0.1, 0.15) is 11.4 Å². The number of carbonyl (C=O) groups is 1. The molecule has 2 rings (SSSR count). The van der Waals surface area contributed by atoms with Crippen LogP contribution in [0.4, 0.5) is 9.18 Å². The number of amides is 1. The van der Waals surface area contributed by atoms with E-state index in [9.17, 15) is 9.18 Å². The number of likely N-dealkylation sites (tertiary alicyclic amines) is 1. The minimum absolute atomic E-state index is 0.193. The van der Waals surface area contributed by atoms with Crippen LogP contribution >= 0.6 is 0 Å². The van der Waals surface area contributed by atoms with Crippen molar-refractivity contribution in [2.75, 3.05) is 19.6 Å². The molecule has 0 bridgehead atoms. The SMILES string of the molecule is Cc1cc(F)ccc1CCNC1CN(C(=O)OC(C)(C)C)C1. The van der Waals surface area contributed by atoms with Gasteiger partial charge in [-0.25, -0.2) is 9.18 Å². The van der Waals surface area contributed by atoms with E-state index in [-0.39, 0.29) is 11.9 Å². The Hall–Kier alpha value is -1.62. The molecule has 1 aromatic rings. The fourth-order valence-corrected chi connectivity index (χ4v) is 2.43. The Labute approximate surface area is 131 Å². The Morgan fingerprint density at radius 3 is 2.68 bits per heavy atom. The molecule has 1 fully saturated rings. The molecule has 0 aliphatic carbocycles. The van der Waals surface area contributed by atoms with Crippen molar-refractivity contribution in [3.63, 3.8) is 0 Å². The largest absolute Gasteiger partial charge is 0.444 e. The van der Waals surface area contributed by atoms with Crippen LogP contribution in [-0.2, 0) is 11.2 Å². The molecule has 1 N–H and O–H groups in total. The molecule has 0 atom stereocenters. The lowest BCUT2D eigenvalue weighted by Crippen LogP contribution is -2.60. The van der Waals surface area contributed by atoms with Crippen molar-refractivity contribution in [3.8, 4) is 0 Å². The van der Waals surface area contributed by atoms with E-state index >= 15 is 0 Å². The van der Waals surface area contributed by atoms with Gasteiger partial charge < -0.3 is 15.0 Å². The van der Waals surface area contributed by atoms with Crippen molar-refractivity contribution in [2.45, 2.75) is 45.8 Å². The van der Waals surface area contributed by atoms with Crippen molar-refractivity contribution < 1.29 is 13.9 Å². The van der Waals surface area contributed by atoms with E-state index in [1.165, 1.54) is 6.07 Å². The molecule has 1 saturated heterocycles. The second-order valence-electron chi connectivity index (χ2n) is 6.86. The van der Waals surface area contributed by atoms with Gasteiger partial charge in [-0.15, -0.1) is 0 Å². The molecule has 1 aromatic carbocycles. The molecule has 0 aromatic heterocycles. The second-order valence-corrected chi connectivity index (χ2v) is 6.86. The third-order valence-corrected chi connectivity index (χ3v) is 3.67. The van der Waals surface area contributed by atoms with E-state index in [1.54, 1.807) is 11.0 Å². The van der Waals surface area contributed by atoms with Crippen LogP contribution in [0.2, 0.25) is 0 Å². The molecule has 0 saturated carbocycles. The van der Waals surface area contributed by atoms with E-state index in [0.29, 0.717) is 19.1 Å². The van der Waals surface area contributed by atoms with Crippen LogP contribution in [0.3, 0.4) is 0 Å². The third-order valence-electron chi connectivity index (χ3n) is 3.67. The fourth-order valence-electron chi connectivity index (χ4n) is 2.43.